The maximum absolute atomic E-state index is 5.31. The Morgan fingerprint density at radius 1 is 1.46 bits per heavy atom. The molecular formula is C9H11BrN2S. The molecule has 2 N–H and O–H groups in total. The molecule has 0 saturated carbocycles. The van der Waals surface area contributed by atoms with Gasteiger partial charge in [0.25, 0.3) is 0 Å². The van der Waals surface area contributed by atoms with Gasteiger partial charge in [-0.1, -0.05) is 12.2 Å². The van der Waals surface area contributed by atoms with Crippen LogP contribution in [0.2, 0.25) is 0 Å². The highest BCUT2D eigenvalue weighted by molar-refractivity contribution is 9.10. The first kappa shape index (κ1) is 10.8. The Kier molecular flexibility index (Phi) is 5.12. The maximum Gasteiger partial charge on any atom is 0.0963 e. The van der Waals surface area contributed by atoms with E-state index in [1.807, 2.05) is 24.3 Å². The van der Waals surface area contributed by atoms with Gasteiger partial charge in [0.2, 0.25) is 0 Å². The summed E-state index contributed by atoms with van der Waals surface area (Å²) in [7, 11) is 0. The average molecular weight is 259 g/mol. The molecule has 1 rings (SSSR count). The molecule has 2 nitrogen and oxygen atoms in total. The molecule has 4 heteroatoms. The van der Waals surface area contributed by atoms with Crippen LogP contribution in [0.3, 0.4) is 0 Å². The van der Waals surface area contributed by atoms with Crippen molar-refractivity contribution in [3.63, 3.8) is 0 Å². The maximum atomic E-state index is 5.31. The molecule has 0 saturated heterocycles. The Balaban J connectivity index is 2.37. The minimum atomic E-state index is 0.605. The zero-order valence-electron chi connectivity index (χ0n) is 7.11. The number of aromatic nitrogens is 1. The van der Waals surface area contributed by atoms with E-state index in [1.54, 1.807) is 18.0 Å². The minimum Gasteiger partial charge on any atom is -0.327 e. The molecule has 0 radical (unpaired) electrons. The van der Waals surface area contributed by atoms with Crippen LogP contribution in [0.15, 0.2) is 40.0 Å². The first-order chi connectivity index (χ1) is 6.33. The summed E-state index contributed by atoms with van der Waals surface area (Å²) in [6.45, 7) is 0.605. The van der Waals surface area contributed by atoms with Crippen molar-refractivity contribution in [1.82, 2.24) is 4.98 Å². The summed E-state index contributed by atoms with van der Waals surface area (Å²) >= 11 is 5.03. The third-order valence-corrected chi connectivity index (χ3v) is 2.70. The van der Waals surface area contributed by atoms with Gasteiger partial charge < -0.3 is 5.73 Å². The van der Waals surface area contributed by atoms with Gasteiger partial charge in [0.1, 0.15) is 0 Å². The summed E-state index contributed by atoms with van der Waals surface area (Å²) in [5, 5.41) is 1.03. The van der Waals surface area contributed by atoms with E-state index in [-0.39, 0.29) is 0 Å². The molecule has 0 aliphatic carbocycles. The fourth-order valence-electron chi connectivity index (χ4n) is 0.745. The van der Waals surface area contributed by atoms with Crippen molar-refractivity contribution in [2.45, 2.75) is 5.03 Å². The quantitative estimate of drug-likeness (QED) is 0.666. The van der Waals surface area contributed by atoms with Crippen LogP contribution in [0, 0.1) is 0 Å². The van der Waals surface area contributed by atoms with Crippen LogP contribution in [0.4, 0.5) is 0 Å². The first-order valence-corrected chi connectivity index (χ1v) is 5.70. The molecule has 1 aromatic rings. The molecule has 0 amide bonds. The van der Waals surface area contributed by atoms with Crippen LogP contribution in [0.1, 0.15) is 0 Å². The fraction of sp³-hybridized carbons (Fsp3) is 0.222. The van der Waals surface area contributed by atoms with E-state index in [1.165, 1.54) is 0 Å². The van der Waals surface area contributed by atoms with Crippen LogP contribution in [0.5, 0.6) is 0 Å². The van der Waals surface area contributed by atoms with E-state index >= 15 is 0 Å². The molecule has 0 aliphatic rings. The highest BCUT2D eigenvalue weighted by Gasteiger charge is 1.92. The molecule has 1 aromatic heterocycles. The Labute approximate surface area is 90.8 Å². The summed E-state index contributed by atoms with van der Waals surface area (Å²) in [5.74, 6) is 0.922. The molecule has 70 valence electrons. The van der Waals surface area contributed by atoms with Crippen molar-refractivity contribution in [1.29, 1.82) is 0 Å². The Morgan fingerprint density at radius 2 is 2.31 bits per heavy atom. The highest BCUT2D eigenvalue weighted by atomic mass is 79.9. The van der Waals surface area contributed by atoms with Crippen molar-refractivity contribution in [3.8, 4) is 0 Å². The van der Waals surface area contributed by atoms with E-state index in [9.17, 15) is 0 Å². The van der Waals surface area contributed by atoms with Crippen LogP contribution in [-0.4, -0.2) is 17.3 Å². The van der Waals surface area contributed by atoms with Crippen molar-refractivity contribution in [3.05, 3.63) is 35.0 Å². The fourth-order valence-corrected chi connectivity index (χ4v) is 1.67. The lowest BCUT2D eigenvalue weighted by Crippen LogP contribution is -1.92. The predicted octanol–water partition coefficient (Wildman–Crippen LogP) is 2.45. The number of nitrogens with two attached hydrogens (primary N) is 1. The largest absolute Gasteiger partial charge is 0.327 e. The van der Waals surface area contributed by atoms with E-state index in [0.717, 1.165) is 15.3 Å². The molecule has 0 fully saturated rings. The third-order valence-electron chi connectivity index (χ3n) is 1.33. The zero-order valence-corrected chi connectivity index (χ0v) is 9.51. The minimum absolute atomic E-state index is 0.605. The summed E-state index contributed by atoms with van der Waals surface area (Å²) in [5.41, 5.74) is 5.31. The van der Waals surface area contributed by atoms with Crippen LogP contribution in [0.25, 0.3) is 0 Å². The van der Waals surface area contributed by atoms with Crippen molar-refractivity contribution < 1.29 is 0 Å². The lowest BCUT2D eigenvalue weighted by molar-refractivity contribution is 1.12. The molecule has 1 heterocycles. The van der Waals surface area contributed by atoms with Gasteiger partial charge in [-0.25, -0.2) is 4.98 Å². The van der Waals surface area contributed by atoms with Crippen LogP contribution >= 0.6 is 27.7 Å². The van der Waals surface area contributed by atoms with Crippen molar-refractivity contribution >= 4 is 27.7 Å². The lowest BCUT2D eigenvalue weighted by atomic mass is 10.5. The molecule has 0 aliphatic heterocycles. The normalized spacial score (nSPS) is 10.9. The van der Waals surface area contributed by atoms with E-state index in [2.05, 4.69) is 20.9 Å². The molecule has 0 aromatic carbocycles. The van der Waals surface area contributed by atoms with Gasteiger partial charge in [-0.3, -0.25) is 0 Å². The summed E-state index contributed by atoms with van der Waals surface area (Å²) in [4.78, 5) is 4.23. The number of hydrogen-bond donors (Lipinski definition) is 1. The molecule has 0 bridgehead atoms. The molecular weight excluding hydrogens is 248 g/mol. The number of rotatable bonds is 4. The summed E-state index contributed by atoms with van der Waals surface area (Å²) in [6, 6.07) is 3.98. The van der Waals surface area contributed by atoms with Crippen molar-refractivity contribution in [2.75, 3.05) is 12.3 Å². The standard InChI is InChI=1S/C9H11BrN2S/c10-8-3-4-9(12-7-8)13-6-2-1-5-11/h1-4,7H,5-6,11H2. The van der Waals surface area contributed by atoms with E-state index < -0.39 is 0 Å². The monoisotopic (exact) mass is 258 g/mol. The summed E-state index contributed by atoms with van der Waals surface area (Å²) in [6.07, 6.45) is 5.80. The van der Waals surface area contributed by atoms with Crippen molar-refractivity contribution in [2.24, 2.45) is 5.73 Å². The first-order valence-electron chi connectivity index (χ1n) is 3.92. The second-order valence-electron chi connectivity index (χ2n) is 2.33. The van der Waals surface area contributed by atoms with E-state index in [0.29, 0.717) is 6.54 Å². The van der Waals surface area contributed by atoms with Gasteiger partial charge >= 0.3 is 0 Å². The molecule has 13 heavy (non-hydrogen) atoms. The Bertz CT molecular complexity index is 271. The zero-order chi connectivity index (χ0) is 9.52. The molecule has 0 spiro atoms. The second kappa shape index (κ2) is 6.18. The van der Waals surface area contributed by atoms with Gasteiger partial charge in [0.05, 0.1) is 5.03 Å². The van der Waals surface area contributed by atoms with Crippen LogP contribution in [-0.2, 0) is 0 Å². The van der Waals surface area contributed by atoms with Gasteiger partial charge in [-0.15, -0.1) is 11.8 Å². The van der Waals surface area contributed by atoms with Gasteiger partial charge in [-0.05, 0) is 28.1 Å². The third kappa shape index (κ3) is 4.45. The number of thioether (sulfide) groups is 1. The Hall–Kier alpha value is -0.320. The number of halogens is 1. The Morgan fingerprint density at radius 3 is 2.92 bits per heavy atom. The number of nitrogens with zero attached hydrogens (tertiary/aromatic N) is 1. The number of hydrogen-bond acceptors (Lipinski definition) is 3. The van der Waals surface area contributed by atoms with Gasteiger partial charge in [-0.2, -0.15) is 0 Å². The van der Waals surface area contributed by atoms with Gasteiger partial charge in [0, 0.05) is 23.0 Å². The SMILES string of the molecule is NCC=CCSc1ccc(Br)cn1. The topological polar surface area (TPSA) is 38.9 Å². The summed E-state index contributed by atoms with van der Waals surface area (Å²) < 4.78 is 1.01. The average Bonchev–Trinajstić information content (AvgIpc) is 2.15. The van der Waals surface area contributed by atoms with Gasteiger partial charge in [0.15, 0.2) is 0 Å². The highest BCUT2D eigenvalue weighted by Crippen LogP contribution is 2.17. The molecule has 0 unspecified atom stereocenters. The lowest BCUT2D eigenvalue weighted by Gasteiger charge is -1.96. The number of pyridine rings is 1. The van der Waals surface area contributed by atoms with Crippen LogP contribution < -0.4 is 5.73 Å². The molecule has 0 atom stereocenters. The second-order valence-corrected chi connectivity index (χ2v) is 4.29. The predicted molar refractivity (Wildman–Crippen MR) is 60.9 cm³/mol. The van der Waals surface area contributed by atoms with E-state index in [4.69, 9.17) is 5.73 Å². The smallest absolute Gasteiger partial charge is 0.0963 e.